The van der Waals surface area contributed by atoms with E-state index in [1.165, 1.54) is 38.8 Å². The summed E-state index contributed by atoms with van der Waals surface area (Å²) in [6.45, 7) is 9.37. The minimum absolute atomic E-state index is 0.655. The number of hydrogen-bond donors (Lipinski definition) is 1. The molecule has 5 heteroatoms. The number of nitrogens with zero attached hydrogens (tertiary/aromatic N) is 3. The Labute approximate surface area is 136 Å². The second-order valence-electron chi connectivity index (χ2n) is 6.88. The van der Waals surface area contributed by atoms with E-state index in [-0.39, 0.29) is 0 Å². The summed E-state index contributed by atoms with van der Waals surface area (Å²) in [7, 11) is 4.37. The van der Waals surface area contributed by atoms with Crippen molar-refractivity contribution in [1.82, 2.24) is 15.1 Å². The second-order valence-corrected chi connectivity index (χ2v) is 6.88. The normalized spacial score (nSPS) is 24.7. The molecule has 0 amide bonds. The van der Waals surface area contributed by atoms with Crippen LogP contribution in [-0.2, 0) is 4.74 Å². The Morgan fingerprint density at radius 1 is 1.27 bits per heavy atom. The van der Waals surface area contributed by atoms with Gasteiger partial charge < -0.3 is 19.9 Å². The van der Waals surface area contributed by atoms with Crippen LogP contribution in [0.4, 0.5) is 0 Å². The molecule has 0 radical (unpaired) electrons. The first-order chi connectivity index (χ1) is 10.7. The molecule has 1 atom stereocenters. The molecule has 128 valence electrons. The highest BCUT2D eigenvalue weighted by Crippen LogP contribution is 2.19. The molecule has 0 aliphatic carbocycles. The summed E-state index contributed by atoms with van der Waals surface area (Å²) in [5, 5.41) is 3.43. The molecule has 0 aromatic rings. The molecule has 2 rings (SSSR count). The molecule has 1 N–H and O–H groups in total. The van der Waals surface area contributed by atoms with Crippen LogP contribution in [0.15, 0.2) is 4.99 Å². The Morgan fingerprint density at radius 2 is 2.05 bits per heavy atom. The Kier molecular flexibility index (Phi) is 7.46. The molecule has 5 nitrogen and oxygen atoms in total. The number of likely N-dealkylation sites (tertiary alicyclic amines) is 1. The molecule has 1 unspecified atom stereocenters. The molecular weight excluding hydrogens is 276 g/mol. The van der Waals surface area contributed by atoms with E-state index in [4.69, 9.17) is 9.73 Å². The molecule has 2 aliphatic rings. The van der Waals surface area contributed by atoms with Gasteiger partial charge in [0.05, 0.1) is 6.61 Å². The Morgan fingerprint density at radius 3 is 2.68 bits per heavy atom. The average Bonchev–Trinajstić information content (AvgIpc) is 3.01. The molecule has 2 saturated heterocycles. The lowest BCUT2D eigenvalue weighted by Gasteiger charge is -2.29. The van der Waals surface area contributed by atoms with Gasteiger partial charge in [0.1, 0.15) is 0 Å². The minimum atomic E-state index is 0.655. The third kappa shape index (κ3) is 5.76. The van der Waals surface area contributed by atoms with Crippen molar-refractivity contribution in [3.63, 3.8) is 0 Å². The average molecular weight is 310 g/mol. The highest BCUT2D eigenvalue weighted by atomic mass is 16.5. The molecule has 22 heavy (non-hydrogen) atoms. The second kappa shape index (κ2) is 9.36. The Hall–Kier alpha value is -0.810. The zero-order valence-electron chi connectivity index (χ0n) is 14.7. The first-order valence-corrected chi connectivity index (χ1v) is 8.94. The molecule has 2 fully saturated rings. The van der Waals surface area contributed by atoms with Gasteiger partial charge in [-0.1, -0.05) is 0 Å². The molecular formula is C17H34N4O. The van der Waals surface area contributed by atoms with Crippen molar-refractivity contribution in [3.8, 4) is 0 Å². The Balaban J connectivity index is 1.75. The van der Waals surface area contributed by atoms with E-state index < -0.39 is 0 Å². The lowest BCUT2D eigenvalue weighted by molar-refractivity contribution is 0.181. The summed E-state index contributed by atoms with van der Waals surface area (Å²) in [4.78, 5) is 9.55. The van der Waals surface area contributed by atoms with Gasteiger partial charge in [0.25, 0.3) is 0 Å². The fourth-order valence-corrected chi connectivity index (χ4v) is 3.37. The zero-order valence-corrected chi connectivity index (χ0v) is 14.7. The summed E-state index contributed by atoms with van der Waals surface area (Å²) in [6, 6.07) is 0. The number of hydrogen-bond acceptors (Lipinski definition) is 3. The third-order valence-electron chi connectivity index (χ3n) is 4.89. The van der Waals surface area contributed by atoms with Gasteiger partial charge in [0.2, 0.25) is 0 Å². The van der Waals surface area contributed by atoms with E-state index in [0.29, 0.717) is 5.92 Å². The summed E-state index contributed by atoms with van der Waals surface area (Å²) < 4.78 is 5.48. The topological polar surface area (TPSA) is 40.1 Å². The molecule has 0 saturated carbocycles. The maximum atomic E-state index is 5.48. The van der Waals surface area contributed by atoms with Crippen molar-refractivity contribution in [3.05, 3.63) is 0 Å². The summed E-state index contributed by atoms with van der Waals surface area (Å²) in [6.07, 6.45) is 5.07. The number of aliphatic imine (C=N–C) groups is 1. The van der Waals surface area contributed by atoms with Gasteiger partial charge in [0, 0.05) is 39.2 Å². The number of piperidine rings is 1. The summed E-state index contributed by atoms with van der Waals surface area (Å²) >= 11 is 0. The largest absolute Gasteiger partial charge is 0.381 e. The maximum absolute atomic E-state index is 5.48. The summed E-state index contributed by atoms with van der Waals surface area (Å²) in [5.74, 6) is 2.57. The Bertz CT molecular complexity index is 334. The number of ether oxygens (including phenoxy) is 1. The number of rotatable bonds is 6. The van der Waals surface area contributed by atoms with Gasteiger partial charge in [-0.15, -0.1) is 0 Å². The fourth-order valence-electron chi connectivity index (χ4n) is 3.37. The number of nitrogens with one attached hydrogen (secondary N) is 1. The molecule has 2 heterocycles. The van der Waals surface area contributed by atoms with Crippen molar-refractivity contribution >= 4 is 5.96 Å². The van der Waals surface area contributed by atoms with Gasteiger partial charge in [-0.2, -0.15) is 0 Å². The standard InChI is InChI=1S/C17H34N4O/c1-4-18-17(21(3)13-16-8-12-22-14-16)19-9-5-15-6-10-20(2)11-7-15/h15-16H,4-14H2,1-3H3,(H,18,19). The summed E-state index contributed by atoms with van der Waals surface area (Å²) in [5.41, 5.74) is 0. The van der Waals surface area contributed by atoms with E-state index in [2.05, 4.69) is 36.1 Å². The predicted molar refractivity (Wildman–Crippen MR) is 92.4 cm³/mol. The minimum Gasteiger partial charge on any atom is -0.381 e. The van der Waals surface area contributed by atoms with Crippen LogP contribution in [0.5, 0.6) is 0 Å². The first-order valence-electron chi connectivity index (χ1n) is 8.94. The highest BCUT2D eigenvalue weighted by molar-refractivity contribution is 5.79. The molecule has 0 spiro atoms. The van der Waals surface area contributed by atoms with Crippen LogP contribution in [0.2, 0.25) is 0 Å². The van der Waals surface area contributed by atoms with Gasteiger partial charge in [-0.25, -0.2) is 0 Å². The van der Waals surface area contributed by atoms with Crippen LogP contribution in [0.3, 0.4) is 0 Å². The van der Waals surface area contributed by atoms with Gasteiger partial charge in [0.15, 0.2) is 5.96 Å². The van der Waals surface area contributed by atoms with Gasteiger partial charge in [-0.05, 0) is 58.7 Å². The molecule has 2 aliphatic heterocycles. The van der Waals surface area contributed by atoms with Gasteiger partial charge in [-0.3, -0.25) is 4.99 Å². The first kappa shape index (κ1) is 17.5. The smallest absolute Gasteiger partial charge is 0.193 e. The van der Waals surface area contributed by atoms with Crippen LogP contribution in [-0.4, -0.2) is 75.8 Å². The van der Waals surface area contributed by atoms with E-state index in [1.807, 2.05) is 0 Å². The fraction of sp³-hybridized carbons (Fsp3) is 0.941. The zero-order chi connectivity index (χ0) is 15.8. The van der Waals surface area contributed by atoms with E-state index in [1.54, 1.807) is 0 Å². The number of guanidine groups is 1. The van der Waals surface area contributed by atoms with Crippen LogP contribution in [0.1, 0.15) is 32.6 Å². The van der Waals surface area contributed by atoms with Crippen LogP contribution < -0.4 is 5.32 Å². The quantitative estimate of drug-likeness (QED) is 0.598. The molecule has 0 bridgehead atoms. The van der Waals surface area contributed by atoms with Crippen LogP contribution >= 0.6 is 0 Å². The third-order valence-corrected chi connectivity index (χ3v) is 4.89. The lowest BCUT2D eigenvalue weighted by Crippen LogP contribution is -2.41. The van der Waals surface area contributed by atoms with E-state index >= 15 is 0 Å². The van der Waals surface area contributed by atoms with Gasteiger partial charge >= 0.3 is 0 Å². The molecule has 0 aromatic carbocycles. The van der Waals surface area contributed by atoms with Crippen molar-refractivity contribution in [2.75, 3.05) is 60.0 Å². The SMILES string of the molecule is CCNC(=NCCC1CCN(C)CC1)N(C)CC1CCOC1. The predicted octanol–water partition coefficient (Wildman–Crippen LogP) is 1.65. The van der Waals surface area contributed by atoms with Crippen LogP contribution in [0.25, 0.3) is 0 Å². The van der Waals surface area contributed by atoms with E-state index in [0.717, 1.165) is 44.7 Å². The maximum Gasteiger partial charge on any atom is 0.193 e. The molecule has 0 aromatic heterocycles. The van der Waals surface area contributed by atoms with Crippen molar-refractivity contribution in [2.24, 2.45) is 16.8 Å². The monoisotopic (exact) mass is 310 g/mol. The van der Waals surface area contributed by atoms with Crippen molar-refractivity contribution < 1.29 is 4.74 Å². The van der Waals surface area contributed by atoms with Crippen LogP contribution in [0, 0.1) is 11.8 Å². The highest BCUT2D eigenvalue weighted by Gasteiger charge is 2.19. The lowest BCUT2D eigenvalue weighted by atomic mass is 9.94. The van der Waals surface area contributed by atoms with Crippen molar-refractivity contribution in [2.45, 2.75) is 32.6 Å². The van der Waals surface area contributed by atoms with Crippen molar-refractivity contribution in [1.29, 1.82) is 0 Å². The van der Waals surface area contributed by atoms with E-state index in [9.17, 15) is 0 Å².